The smallest absolute Gasteiger partial charge is 0.409 e. The van der Waals surface area contributed by atoms with Gasteiger partial charge in [-0.2, -0.15) is 11.8 Å². The molecule has 4 bridgehead atoms. The summed E-state index contributed by atoms with van der Waals surface area (Å²) in [4.78, 5) is 55.8. The van der Waals surface area contributed by atoms with E-state index in [9.17, 15) is 34.5 Å². The van der Waals surface area contributed by atoms with Crippen LogP contribution in [0.4, 0.5) is 10.5 Å². The number of carbonyl (C=O) groups is 4. The summed E-state index contributed by atoms with van der Waals surface area (Å²) in [5, 5.41) is 34.7. The molecule has 3 heterocycles. The van der Waals surface area contributed by atoms with Crippen molar-refractivity contribution in [2.24, 2.45) is 11.8 Å². The number of thioether (sulfide) groups is 1. The molecule has 0 spiro atoms. The summed E-state index contributed by atoms with van der Waals surface area (Å²) in [7, 11) is 3.06. The van der Waals surface area contributed by atoms with Crippen LogP contribution in [0.1, 0.15) is 58.1 Å². The van der Waals surface area contributed by atoms with Crippen LogP contribution in [0.25, 0.3) is 0 Å². The summed E-state index contributed by atoms with van der Waals surface area (Å²) in [6.45, 7) is 6.05. The molecule has 0 aromatic heterocycles. The fraction of sp³-hybridized carbons (Fsp3) is 0.611. The SMILES string of the molecule is CSCCC(=O)N(C)[C@@H](C)C(=O)O[C@H]1CC(=O)N(C)c2cc(cc(CO)c2Cl)CC(C)=CC=C[C@@H](CO)[C@@]2(O)C[C@H](OC(=O)N2)[C@@H](C)[C@@H]2O[C@@]12C. The second-order valence-corrected chi connectivity index (χ2v) is 15.3. The van der Waals surface area contributed by atoms with Crippen LogP contribution in [-0.4, -0.2) is 112 Å². The number of hydrogen-bond acceptors (Lipinski definition) is 11. The first-order valence-corrected chi connectivity index (χ1v) is 18.7. The molecule has 0 unspecified atom stereocenters. The number of nitrogens with zero attached hydrogens (tertiary/aromatic N) is 2. The predicted octanol–water partition coefficient (Wildman–Crippen LogP) is 3.34. The number of anilines is 1. The molecule has 2 fully saturated rings. The van der Waals surface area contributed by atoms with E-state index in [1.807, 2.05) is 13.2 Å². The number of likely N-dealkylation sites (N-methyl/N-ethyl adjacent to an activating group) is 1. The van der Waals surface area contributed by atoms with Crippen molar-refractivity contribution >= 4 is 52.9 Å². The zero-order chi connectivity index (χ0) is 37.8. The van der Waals surface area contributed by atoms with Gasteiger partial charge in [0.05, 0.1) is 36.4 Å². The van der Waals surface area contributed by atoms with Gasteiger partial charge in [-0.25, -0.2) is 9.59 Å². The molecule has 0 saturated carbocycles. The number of allylic oxidation sites excluding steroid dienone is 3. The monoisotopic (exact) mass is 751 g/mol. The van der Waals surface area contributed by atoms with Gasteiger partial charge in [-0.05, 0) is 50.6 Å². The second kappa shape index (κ2) is 16.7. The number of hydrogen-bond donors (Lipinski definition) is 4. The number of rotatable bonds is 8. The van der Waals surface area contributed by atoms with E-state index < -0.39 is 72.1 Å². The molecule has 3 aliphatic heterocycles. The molecule has 4 rings (SSSR count). The second-order valence-electron chi connectivity index (χ2n) is 13.9. The molecule has 15 heteroatoms. The lowest BCUT2D eigenvalue weighted by Crippen LogP contribution is -2.62. The number of fused-ring (bicyclic) bond motifs is 5. The number of epoxide rings is 1. The fourth-order valence-electron chi connectivity index (χ4n) is 6.67. The van der Waals surface area contributed by atoms with Crippen molar-refractivity contribution in [1.29, 1.82) is 0 Å². The van der Waals surface area contributed by atoms with Crippen LogP contribution < -0.4 is 10.2 Å². The Hall–Kier alpha value is -3.14. The highest BCUT2D eigenvalue weighted by Gasteiger charge is 2.64. The normalized spacial score (nSPS) is 30.4. The number of aliphatic hydroxyl groups is 3. The minimum Gasteiger partial charge on any atom is -0.457 e. The summed E-state index contributed by atoms with van der Waals surface area (Å²) >= 11 is 8.21. The van der Waals surface area contributed by atoms with Gasteiger partial charge < -0.3 is 39.3 Å². The van der Waals surface area contributed by atoms with Gasteiger partial charge in [-0.3, -0.25) is 14.9 Å². The topological polar surface area (TPSA) is 178 Å². The third kappa shape index (κ3) is 9.09. The molecule has 1 aromatic carbocycles. The summed E-state index contributed by atoms with van der Waals surface area (Å²) < 4.78 is 17.9. The van der Waals surface area contributed by atoms with Gasteiger partial charge in [0.2, 0.25) is 11.8 Å². The molecular formula is C36H50ClN3O10S. The number of carbonyl (C=O) groups excluding carboxylic acids is 4. The van der Waals surface area contributed by atoms with Gasteiger partial charge in [-0.15, -0.1) is 0 Å². The molecule has 2 saturated heterocycles. The highest BCUT2D eigenvalue weighted by atomic mass is 35.5. The molecule has 0 aliphatic carbocycles. The molecule has 4 N–H and O–H groups in total. The average Bonchev–Trinajstić information content (AvgIpc) is 3.79. The van der Waals surface area contributed by atoms with E-state index in [0.29, 0.717) is 23.4 Å². The number of amides is 3. The number of esters is 1. The lowest BCUT2D eigenvalue weighted by Gasteiger charge is -2.42. The van der Waals surface area contributed by atoms with E-state index in [0.717, 1.165) is 11.1 Å². The summed E-state index contributed by atoms with van der Waals surface area (Å²) in [6, 6.07) is 2.53. The highest BCUT2D eigenvalue weighted by Crippen LogP contribution is 2.49. The van der Waals surface area contributed by atoms with Crippen LogP contribution in [0.3, 0.4) is 0 Å². The van der Waals surface area contributed by atoms with Crippen LogP contribution in [0.15, 0.2) is 35.9 Å². The first-order valence-electron chi connectivity index (χ1n) is 17.0. The van der Waals surface area contributed by atoms with Crippen molar-refractivity contribution in [3.8, 4) is 0 Å². The Bertz CT molecular complexity index is 1560. The molecule has 0 radical (unpaired) electrons. The van der Waals surface area contributed by atoms with Gasteiger partial charge in [0.15, 0.2) is 5.72 Å². The lowest BCUT2D eigenvalue weighted by atomic mass is 9.81. The quantitative estimate of drug-likeness (QED) is 0.226. The molecule has 3 amide bonds. The van der Waals surface area contributed by atoms with Crippen LogP contribution in [0.2, 0.25) is 5.02 Å². The van der Waals surface area contributed by atoms with Crippen molar-refractivity contribution in [2.45, 2.75) is 95.7 Å². The third-order valence-electron chi connectivity index (χ3n) is 10.2. The number of halogens is 1. The van der Waals surface area contributed by atoms with Crippen LogP contribution in [-0.2, 0) is 41.6 Å². The Kier molecular flexibility index (Phi) is 13.3. The molecule has 8 atom stereocenters. The van der Waals surface area contributed by atoms with Crippen LogP contribution in [0, 0.1) is 11.8 Å². The van der Waals surface area contributed by atoms with Gasteiger partial charge in [0.1, 0.15) is 23.9 Å². The van der Waals surface area contributed by atoms with Crippen molar-refractivity contribution in [3.63, 3.8) is 0 Å². The minimum absolute atomic E-state index is 0.0888. The van der Waals surface area contributed by atoms with E-state index in [1.54, 1.807) is 58.2 Å². The molecule has 282 valence electrons. The van der Waals surface area contributed by atoms with E-state index >= 15 is 0 Å². The number of alkyl carbamates (subject to hydrolysis) is 1. The maximum atomic E-state index is 14.0. The van der Waals surface area contributed by atoms with E-state index in [1.165, 1.54) is 28.6 Å². The number of benzene rings is 1. The minimum atomic E-state index is -1.86. The van der Waals surface area contributed by atoms with Crippen molar-refractivity contribution < 1.29 is 48.7 Å². The Morgan fingerprint density at radius 2 is 1.98 bits per heavy atom. The Labute approximate surface area is 308 Å². The van der Waals surface area contributed by atoms with Crippen LogP contribution >= 0.6 is 23.4 Å². The Morgan fingerprint density at radius 3 is 2.63 bits per heavy atom. The zero-order valence-electron chi connectivity index (χ0n) is 30.2. The first-order chi connectivity index (χ1) is 24.0. The Balaban J connectivity index is 1.76. The van der Waals surface area contributed by atoms with Crippen molar-refractivity contribution in [3.05, 3.63) is 52.1 Å². The molecule has 1 aromatic rings. The van der Waals surface area contributed by atoms with Crippen LogP contribution in [0.5, 0.6) is 0 Å². The van der Waals surface area contributed by atoms with E-state index in [2.05, 4.69) is 5.32 Å². The number of aliphatic hydroxyl groups excluding tert-OH is 2. The molecule has 51 heavy (non-hydrogen) atoms. The van der Waals surface area contributed by atoms with Crippen molar-refractivity contribution in [2.75, 3.05) is 37.6 Å². The van der Waals surface area contributed by atoms with E-state index in [-0.39, 0.29) is 36.8 Å². The lowest BCUT2D eigenvalue weighted by molar-refractivity contribution is -0.161. The first kappa shape index (κ1) is 40.6. The Morgan fingerprint density at radius 1 is 1.27 bits per heavy atom. The van der Waals surface area contributed by atoms with Gasteiger partial charge in [0, 0.05) is 44.5 Å². The molecule has 13 nitrogen and oxygen atoms in total. The van der Waals surface area contributed by atoms with Gasteiger partial charge >= 0.3 is 12.1 Å². The van der Waals surface area contributed by atoms with E-state index in [4.69, 9.17) is 25.8 Å². The summed E-state index contributed by atoms with van der Waals surface area (Å²) in [5.41, 5.74) is -0.685. The van der Waals surface area contributed by atoms with Gasteiger partial charge in [0.25, 0.3) is 0 Å². The maximum absolute atomic E-state index is 14.0. The third-order valence-corrected chi connectivity index (χ3v) is 11.3. The predicted molar refractivity (Wildman–Crippen MR) is 193 cm³/mol. The standard InChI is InChI=1S/C36H50ClN3O10S/c1-20-9-8-10-25(19-42)36(47)17-27(48-34(46)38-36)21(2)32-35(4,50-32)28(49-33(45)22(3)39(5)29(43)11-12-51-7)16-30(44)40(6)26-15-23(13-20)14-24(18-41)31(26)37/h8-10,14-15,21-22,25,27-28,32,41-42,47H,11-13,16-19H2,1-7H3,(H,38,46)/t21-,22+,25+,27+,28+,32+,35+,36+/m1/s1. The fourth-order valence-corrected chi connectivity index (χ4v) is 7.35. The van der Waals surface area contributed by atoms with Gasteiger partial charge in [-0.1, -0.05) is 48.4 Å². The highest BCUT2D eigenvalue weighted by molar-refractivity contribution is 7.98. The van der Waals surface area contributed by atoms with Crippen molar-refractivity contribution in [1.82, 2.24) is 10.2 Å². The maximum Gasteiger partial charge on any atom is 0.409 e. The number of ether oxygens (including phenoxy) is 3. The molecule has 3 aliphatic rings. The summed E-state index contributed by atoms with van der Waals surface area (Å²) in [5.74, 6) is -2.29. The zero-order valence-corrected chi connectivity index (χ0v) is 31.8. The molecular weight excluding hydrogens is 702 g/mol. The summed E-state index contributed by atoms with van der Waals surface area (Å²) in [6.07, 6.45) is 3.64. The average molecular weight is 752 g/mol. The largest absolute Gasteiger partial charge is 0.457 e. The number of nitrogens with one attached hydrogen (secondary N) is 1.